The first-order valence-electron chi connectivity index (χ1n) is 5.03. The topological polar surface area (TPSA) is 46.2 Å². The van der Waals surface area contributed by atoms with E-state index in [-0.39, 0.29) is 13.0 Å². The first kappa shape index (κ1) is 11.4. The lowest BCUT2D eigenvalue weighted by molar-refractivity contribution is -0.131. The van der Waals surface area contributed by atoms with Gasteiger partial charge in [0.05, 0.1) is 5.54 Å². The highest BCUT2D eigenvalue weighted by Crippen LogP contribution is 2.30. The van der Waals surface area contributed by atoms with Gasteiger partial charge in [-0.3, -0.25) is 9.59 Å². The van der Waals surface area contributed by atoms with Crippen LogP contribution >= 0.6 is 0 Å². The maximum absolute atomic E-state index is 11.7. The smallest absolute Gasteiger partial charge is 0.152 e. The van der Waals surface area contributed by atoms with Crippen LogP contribution in [0.15, 0.2) is 0 Å². The van der Waals surface area contributed by atoms with Crippen LogP contribution in [0.5, 0.6) is 0 Å². The summed E-state index contributed by atoms with van der Waals surface area (Å²) in [5.41, 5.74) is -0.313. The summed E-state index contributed by atoms with van der Waals surface area (Å²) in [5, 5.41) is 3.30. The highest BCUT2D eigenvalue weighted by molar-refractivity contribution is 5.92. The van der Waals surface area contributed by atoms with E-state index in [1.165, 1.54) is 0 Å². The molecule has 1 N–H and O–H groups in total. The Morgan fingerprint density at radius 1 is 1.07 bits per heavy atom. The van der Waals surface area contributed by atoms with Crippen LogP contribution in [0.4, 0.5) is 0 Å². The number of carbonyl (C=O) groups excluding carboxylic acids is 2. The number of carbonyl (C=O) groups is 2. The van der Waals surface area contributed by atoms with Gasteiger partial charge in [0.2, 0.25) is 0 Å². The van der Waals surface area contributed by atoms with Crippen molar-refractivity contribution >= 4 is 11.6 Å². The largest absolute Gasteiger partial charge is 0.305 e. The second kappa shape index (κ2) is 4.22. The van der Waals surface area contributed by atoms with Crippen LogP contribution in [0.1, 0.15) is 46.0 Å². The molecule has 0 bridgehead atoms. The first-order chi connectivity index (χ1) is 6.23. The summed E-state index contributed by atoms with van der Waals surface area (Å²) in [5.74, 6) is 0.636. The average Bonchev–Trinajstić information content (AvgIpc) is 2.15. The van der Waals surface area contributed by atoms with Crippen molar-refractivity contribution in [3.8, 4) is 0 Å². The summed E-state index contributed by atoms with van der Waals surface area (Å²) in [7, 11) is 0. The molecule has 1 aliphatic heterocycles. The van der Waals surface area contributed by atoms with Crippen LogP contribution in [-0.2, 0) is 9.59 Å². The lowest BCUT2D eigenvalue weighted by Crippen LogP contribution is -2.57. The number of hydrogen-bond acceptors (Lipinski definition) is 3. The van der Waals surface area contributed by atoms with Crippen molar-refractivity contribution in [1.82, 2.24) is 5.32 Å². The fourth-order valence-corrected chi connectivity index (χ4v) is 2.33. The molecule has 2 aliphatic rings. The van der Waals surface area contributed by atoms with Crippen LogP contribution in [0.2, 0.25) is 0 Å². The van der Waals surface area contributed by atoms with E-state index in [0.717, 1.165) is 25.8 Å². The molecule has 1 aliphatic carbocycles. The molecule has 0 amide bonds. The Bertz CT molecular complexity index is 238. The Balaban J connectivity index is 0.000000980. The second-order valence-corrected chi connectivity index (χ2v) is 4.07. The molecule has 2 rings (SSSR count). The fraction of sp³-hybridized carbons (Fsp3) is 0.818. The lowest BCUT2D eigenvalue weighted by Gasteiger charge is -2.39. The molecule has 0 aromatic carbocycles. The minimum absolute atomic E-state index is 0. The molecule has 2 fully saturated rings. The van der Waals surface area contributed by atoms with Gasteiger partial charge < -0.3 is 5.32 Å². The zero-order chi connectivity index (χ0) is 9.31. The minimum Gasteiger partial charge on any atom is -0.305 e. The zero-order valence-electron chi connectivity index (χ0n) is 7.77. The molecule has 1 saturated heterocycles. The van der Waals surface area contributed by atoms with Crippen molar-refractivity contribution in [3.63, 3.8) is 0 Å². The summed E-state index contributed by atoms with van der Waals surface area (Å²) in [6.07, 6.45) is 4.27. The third kappa shape index (κ3) is 1.87. The highest BCUT2D eigenvalue weighted by Gasteiger charge is 2.41. The Morgan fingerprint density at radius 2 is 1.71 bits per heavy atom. The van der Waals surface area contributed by atoms with Crippen molar-refractivity contribution in [3.05, 3.63) is 0 Å². The van der Waals surface area contributed by atoms with Gasteiger partial charge in [0.25, 0.3) is 0 Å². The van der Waals surface area contributed by atoms with Gasteiger partial charge in [-0.25, -0.2) is 0 Å². The molecule has 1 saturated carbocycles. The quantitative estimate of drug-likeness (QED) is 0.639. The maximum atomic E-state index is 11.7. The Morgan fingerprint density at radius 3 is 2.29 bits per heavy atom. The van der Waals surface area contributed by atoms with Gasteiger partial charge in [-0.15, -0.1) is 0 Å². The molecule has 80 valence electrons. The van der Waals surface area contributed by atoms with E-state index >= 15 is 0 Å². The summed E-state index contributed by atoms with van der Waals surface area (Å²) < 4.78 is 0. The second-order valence-electron chi connectivity index (χ2n) is 4.07. The number of nitrogens with one attached hydrogen (secondary N) is 1. The lowest BCUT2D eigenvalue weighted by atomic mass is 9.75. The molecule has 0 radical (unpaired) electrons. The summed E-state index contributed by atoms with van der Waals surface area (Å²) in [4.78, 5) is 22.8. The Labute approximate surface area is 85.3 Å². The SMILES string of the molecule is C.O=C1CCC2(CC1)NCCCC2=O. The van der Waals surface area contributed by atoms with E-state index in [1.807, 2.05) is 0 Å². The Hall–Kier alpha value is -0.700. The van der Waals surface area contributed by atoms with Gasteiger partial charge >= 0.3 is 0 Å². The monoisotopic (exact) mass is 197 g/mol. The van der Waals surface area contributed by atoms with E-state index in [4.69, 9.17) is 0 Å². The van der Waals surface area contributed by atoms with Crippen molar-refractivity contribution in [2.24, 2.45) is 0 Å². The molecule has 0 unspecified atom stereocenters. The predicted octanol–water partition coefficient (Wildman–Crippen LogP) is 1.46. The highest BCUT2D eigenvalue weighted by atomic mass is 16.1. The summed E-state index contributed by atoms with van der Waals surface area (Å²) >= 11 is 0. The third-order valence-electron chi connectivity index (χ3n) is 3.24. The first-order valence-corrected chi connectivity index (χ1v) is 5.03. The van der Waals surface area contributed by atoms with E-state index in [0.29, 0.717) is 30.8 Å². The number of hydrogen-bond donors (Lipinski definition) is 1. The van der Waals surface area contributed by atoms with Crippen LogP contribution in [0, 0.1) is 0 Å². The molecule has 14 heavy (non-hydrogen) atoms. The van der Waals surface area contributed by atoms with Crippen molar-refractivity contribution in [2.75, 3.05) is 6.54 Å². The molecule has 3 nitrogen and oxygen atoms in total. The van der Waals surface area contributed by atoms with E-state index in [1.54, 1.807) is 0 Å². The van der Waals surface area contributed by atoms with Crippen molar-refractivity contribution in [1.29, 1.82) is 0 Å². The van der Waals surface area contributed by atoms with Gasteiger partial charge in [0.1, 0.15) is 5.78 Å². The molecule has 1 spiro atoms. The maximum Gasteiger partial charge on any atom is 0.152 e. The molecule has 3 heteroatoms. The normalized spacial score (nSPS) is 26.0. The zero-order valence-corrected chi connectivity index (χ0v) is 7.77. The van der Waals surface area contributed by atoms with Gasteiger partial charge in [-0.05, 0) is 25.8 Å². The van der Waals surface area contributed by atoms with Crippen LogP contribution in [0.25, 0.3) is 0 Å². The number of ketones is 2. The average molecular weight is 197 g/mol. The van der Waals surface area contributed by atoms with Crippen LogP contribution in [0.3, 0.4) is 0 Å². The van der Waals surface area contributed by atoms with Gasteiger partial charge in [-0.2, -0.15) is 0 Å². The van der Waals surface area contributed by atoms with Crippen molar-refractivity contribution < 1.29 is 9.59 Å². The van der Waals surface area contributed by atoms with Gasteiger partial charge in [0, 0.05) is 19.3 Å². The summed E-state index contributed by atoms with van der Waals surface area (Å²) in [6, 6.07) is 0. The fourth-order valence-electron chi connectivity index (χ4n) is 2.33. The number of Topliss-reactive ketones (excluding diaryl/α,β-unsaturated/α-hetero) is 2. The Kier molecular flexibility index (Phi) is 3.43. The van der Waals surface area contributed by atoms with Crippen LogP contribution < -0.4 is 5.32 Å². The van der Waals surface area contributed by atoms with Crippen molar-refractivity contribution in [2.45, 2.75) is 51.5 Å². The standard InChI is InChI=1S/C10H15NO2.CH4/c12-8-3-5-10(6-4-8)9(13)2-1-7-11-10;/h11H,1-7H2;1H4. The third-order valence-corrected chi connectivity index (χ3v) is 3.24. The van der Waals surface area contributed by atoms with Crippen LogP contribution in [-0.4, -0.2) is 23.7 Å². The molecule has 0 aromatic rings. The van der Waals surface area contributed by atoms with E-state index < -0.39 is 0 Å². The number of piperidine rings is 1. The minimum atomic E-state index is -0.313. The molecular weight excluding hydrogens is 178 g/mol. The summed E-state index contributed by atoms with van der Waals surface area (Å²) in [6.45, 7) is 0.930. The molecule has 0 aromatic heterocycles. The van der Waals surface area contributed by atoms with Gasteiger partial charge in [0.15, 0.2) is 5.78 Å². The molecule has 1 heterocycles. The predicted molar refractivity (Wildman–Crippen MR) is 55.2 cm³/mol. The van der Waals surface area contributed by atoms with E-state index in [9.17, 15) is 9.59 Å². The van der Waals surface area contributed by atoms with Gasteiger partial charge in [-0.1, -0.05) is 7.43 Å². The molecule has 0 atom stereocenters. The van der Waals surface area contributed by atoms with E-state index in [2.05, 4.69) is 5.32 Å². The number of rotatable bonds is 0. The molecular formula is C11H19NO2.